The van der Waals surface area contributed by atoms with Crippen LogP contribution in [0, 0.1) is 0 Å². The molecule has 0 heterocycles. The monoisotopic (exact) mass is 260 g/mol. The maximum absolute atomic E-state index is 11.1. The van der Waals surface area contributed by atoms with Gasteiger partial charge in [0.2, 0.25) is 0 Å². The van der Waals surface area contributed by atoms with E-state index in [4.69, 9.17) is 5.11 Å². The van der Waals surface area contributed by atoms with Gasteiger partial charge >= 0.3 is 0 Å². The van der Waals surface area contributed by atoms with Crippen LogP contribution in [0.1, 0.15) is 46.3 Å². The molecule has 0 fully saturated rings. The van der Waals surface area contributed by atoms with Crippen molar-refractivity contribution < 1.29 is 13.5 Å². The van der Waals surface area contributed by atoms with Crippen LogP contribution in [-0.2, 0) is 9.84 Å². The van der Waals surface area contributed by atoms with Crippen LogP contribution in [0.4, 0.5) is 0 Å². The average Bonchev–Trinajstić information content (AvgIpc) is 2.33. The van der Waals surface area contributed by atoms with Gasteiger partial charge in [-0.25, -0.2) is 8.42 Å². The lowest BCUT2D eigenvalue weighted by Gasteiger charge is -2.04. The summed E-state index contributed by atoms with van der Waals surface area (Å²) in [5.74, 6) is 0. The third-order valence-corrected chi connectivity index (χ3v) is 2.92. The molecule has 0 unspecified atom stereocenters. The third-order valence-electron chi connectivity index (χ3n) is 1.79. The van der Waals surface area contributed by atoms with Crippen molar-refractivity contribution in [3.63, 3.8) is 0 Å². The second-order valence-corrected chi connectivity index (χ2v) is 5.03. The van der Waals surface area contributed by atoms with Gasteiger partial charge in [-0.3, -0.25) is 0 Å². The van der Waals surface area contributed by atoms with Gasteiger partial charge in [0.05, 0.1) is 11.0 Å². The molecular weight excluding hydrogens is 236 g/mol. The number of rotatable bonds is 2. The molecule has 17 heavy (non-hydrogen) atoms. The number of aliphatic hydroxyl groups excluding tert-OH is 1. The minimum absolute atomic E-state index is 0.275. The Hall–Kier alpha value is -0.870. The minimum Gasteiger partial charge on any atom is -0.389 e. The molecule has 0 aliphatic carbocycles. The molecular formula is C13H24O3S. The quantitative estimate of drug-likeness (QED) is 0.888. The van der Waals surface area contributed by atoms with Crippen molar-refractivity contribution in [1.82, 2.24) is 0 Å². The van der Waals surface area contributed by atoms with E-state index in [0.717, 1.165) is 6.26 Å². The van der Waals surface area contributed by atoms with E-state index in [0.29, 0.717) is 5.56 Å². The van der Waals surface area contributed by atoms with Gasteiger partial charge in [0.15, 0.2) is 9.84 Å². The molecule has 0 aromatic heterocycles. The lowest BCUT2D eigenvalue weighted by Crippen LogP contribution is -1.98. The first kappa shape index (κ1) is 18.5. The maximum atomic E-state index is 11.1. The molecule has 0 saturated heterocycles. The average molecular weight is 260 g/mol. The smallest absolute Gasteiger partial charge is 0.175 e. The summed E-state index contributed by atoms with van der Waals surface area (Å²) in [6.45, 7) is 9.63. The number of hydrogen-bond donors (Lipinski definition) is 1. The zero-order valence-corrected chi connectivity index (χ0v) is 12.4. The molecule has 3 nitrogen and oxygen atoms in total. The van der Waals surface area contributed by atoms with Crippen molar-refractivity contribution >= 4 is 9.84 Å². The van der Waals surface area contributed by atoms with E-state index in [-0.39, 0.29) is 4.90 Å². The zero-order chi connectivity index (χ0) is 14.1. The van der Waals surface area contributed by atoms with Gasteiger partial charge in [0.1, 0.15) is 0 Å². The fourth-order valence-electron chi connectivity index (χ4n) is 0.994. The molecule has 1 aromatic carbocycles. The van der Waals surface area contributed by atoms with Gasteiger partial charge in [-0.1, -0.05) is 39.8 Å². The van der Waals surface area contributed by atoms with Gasteiger partial charge < -0.3 is 5.11 Å². The third kappa shape index (κ3) is 7.13. The first-order chi connectivity index (χ1) is 7.91. The Balaban J connectivity index is 0. The van der Waals surface area contributed by atoms with Crippen LogP contribution in [0.2, 0.25) is 0 Å². The highest BCUT2D eigenvalue weighted by molar-refractivity contribution is 7.90. The van der Waals surface area contributed by atoms with Crippen molar-refractivity contribution in [3.05, 3.63) is 29.8 Å². The molecule has 0 aliphatic heterocycles. The summed E-state index contributed by atoms with van der Waals surface area (Å²) in [7, 11) is -3.13. The van der Waals surface area contributed by atoms with Gasteiger partial charge in [-0.05, 0) is 24.6 Å². The minimum atomic E-state index is -3.13. The number of sulfone groups is 1. The number of aliphatic hydroxyl groups is 1. The molecule has 0 amide bonds. The van der Waals surface area contributed by atoms with Gasteiger partial charge in [-0.2, -0.15) is 0 Å². The van der Waals surface area contributed by atoms with Crippen LogP contribution in [0.15, 0.2) is 29.2 Å². The second kappa shape index (κ2) is 9.19. The summed E-state index contributed by atoms with van der Waals surface area (Å²) in [4.78, 5) is 0.275. The van der Waals surface area contributed by atoms with Crippen molar-refractivity contribution in [3.8, 4) is 0 Å². The summed E-state index contributed by atoms with van der Waals surface area (Å²) < 4.78 is 22.1. The Kier molecular flexibility index (Phi) is 10.00. The Morgan fingerprint density at radius 3 is 1.59 bits per heavy atom. The molecule has 1 atom stereocenters. The molecule has 0 aliphatic rings. The molecule has 1 aromatic rings. The molecule has 1 N–H and O–H groups in total. The predicted octanol–water partition coefficient (Wildman–Crippen LogP) is 3.20. The van der Waals surface area contributed by atoms with Crippen LogP contribution in [-0.4, -0.2) is 19.8 Å². The van der Waals surface area contributed by atoms with Crippen molar-refractivity contribution in [2.24, 2.45) is 0 Å². The van der Waals surface area contributed by atoms with E-state index in [2.05, 4.69) is 0 Å². The molecule has 0 radical (unpaired) electrons. The summed E-state index contributed by atoms with van der Waals surface area (Å²) in [6.07, 6.45) is 0.596. The fourth-order valence-corrected chi connectivity index (χ4v) is 1.62. The Morgan fingerprint density at radius 1 is 1.00 bits per heavy atom. The van der Waals surface area contributed by atoms with Gasteiger partial charge in [-0.15, -0.1) is 0 Å². The molecule has 1 rings (SSSR count). The van der Waals surface area contributed by atoms with Gasteiger partial charge in [0, 0.05) is 6.26 Å². The van der Waals surface area contributed by atoms with Crippen LogP contribution < -0.4 is 0 Å². The van der Waals surface area contributed by atoms with E-state index in [1.165, 1.54) is 12.1 Å². The van der Waals surface area contributed by atoms with Crippen molar-refractivity contribution in [2.75, 3.05) is 6.26 Å². The Bertz CT molecular complexity index is 378. The molecule has 4 heteroatoms. The highest BCUT2D eigenvalue weighted by atomic mass is 32.2. The molecule has 0 bridgehead atoms. The standard InChI is InChI=1S/C9H12O3S.2C2H6/c1-7(10)8-3-5-9(6-4-8)13(2,11)12;2*1-2/h3-7,10H,1-2H3;2*1-2H3/t7-;;/m0../s1. The van der Waals surface area contributed by atoms with Crippen molar-refractivity contribution in [1.29, 1.82) is 0 Å². The highest BCUT2D eigenvalue weighted by Gasteiger charge is 2.07. The van der Waals surface area contributed by atoms with Crippen LogP contribution >= 0.6 is 0 Å². The van der Waals surface area contributed by atoms with E-state index in [1.807, 2.05) is 27.7 Å². The maximum Gasteiger partial charge on any atom is 0.175 e. The van der Waals surface area contributed by atoms with E-state index < -0.39 is 15.9 Å². The van der Waals surface area contributed by atoms with E-state index in [9.17, 15) is 8.42 Å². The first-order valence-corrected chi connectivity index (χ1v) is 7.78. The molecule has 0 spiro atoms. The Labute approximate surface area is 105 Å². The topological polar surface area (TPSA) is 54.4 Å². The first-order valence-electron chi connectivity index (χ1n) is 5.89. The second-order valence-electron chi connectivity index (χ2n) is 3.02. The lowest BCUT2D eigenvalue weighted by molar-refractivity contribution is 0.199. The molecule has 100 valence electrons. The Morgan fingerprint density at radius 2 is 1.35 bits per heavy atom. The SMILES string of the molecule is CC.CC.C[C@H](O)c1ccc(S(C)(=O)=O)cc1. The predicted molar refractivity (Wildman–Crippen MR) is 72.9 cm³/mol. The number of benzene rings is 1. The van der Waals surface area contributed by atoms with Crippen LogP contribution in [0.5, 0.6) is 0 Å². The molecule has 0 saturated carbocycles. The van der Waals surface area contributed by atoms with E-state index in [1.54, 1.807) is 19.1 Å². The highest BCUT2D eigenvalue weighted by Crippen LogP contribution is 2.15. The summed E-state index contributed by atoms with van der Waals surface area (Å²) in [5.41, 5.74) is 0.715. The summed E-state index contributed by atoms with van der Waals surface area (Å²) in [6, 6.07) is 6.22. The largest absolute Gasteiger partial charge is 0.389 e. The number of hydrogen-bond acceptors (Lipinski definition) is 3. The summed E-state index contributed by atoms with van der Waals surface area (Å²) >= 11 is 0. The fraction of sp³-hybridized carbons (Fsp3) is 0.538. The normalized spacial score (nSPS) is 11.5. The zero-order valence-electron chi connectivity index (χ0n) is 11.6. The lowest BCUT2D eigenvalue weighted by atomic mass is 10.1. The van der Waals surface area contributed by atoms with Crippen LogP contribution in [0.25, 0.3) is 0 Å². The van der Waals surface area contributed by atoms with E-state index >= 15 is 0 Å². The summed E-state index contributed by atoms with van der Waals surface area (Å²) in [5, 5.41) is 9.17. The van der Waals surface area contributed by atoms with Crippen LogP contribution in [0.3, 0.4) is 0 Å². The van der Waals surface area contributed by atoms with Gasteiger partial charge in [0.25, 0.3) is 0 Å². The van der Waals surface area contributed by atoms with Crippen molar-refractivity contribution in [2.45, 2.75) is 45.6 Å².